The number of halogens is 1. The van der Waals surface area contributed by atoms with E-state index in [-0.39, 0.29) is 5.41 Å². The van der Waals surface area contributed by atoms with Crippen LogP contribution in [0.15, 0.2) is 0 Å². The first kappa shape index (κ1) is 4.74. The Bertz CT molecular complexity index is 109. The molecule has 1 nitrogen and oxygen atoms in total. The summed E-state index contributed by atoms with van der Waals surface area (Å²) in [7, 11) is 0. The van der Waals surface area contributed by atoms with Crippen molar-refractivity contribution in [2.24, 2.45) is 5.41 Å². The normalized spacial score (nSPS) is 40.9. The molecule has 1 saturated carbocycles. The van der Waals surface area contributed by atoms with Crippen molar-refractivity contribution < 1.29 is 4.39 Å². The molecule has 2 rings (SSSR count). The molecule has 1 unspecified atom stereocenters. The zero-order valence-corrected chi connectivity index (χ0v) is 4.78. The first-order valence-corrected chi connectivity index (χ1v) is 3.18. The zero-order valence-electron chi connectivity index (χ0n) is 4.78. The average Bonchev–Trinajstić information content (AvgIpc) is 2.39. The minimum Gasteiger partial charge on any atom is -0.313 e. The van der Waals surface area contributed by atoms with Crippen molar-refractivity contribution >= 4 is 0 Å². The smallest absolute Gasteiger partial charge is 0.119 e. The number of alkyl halides is 1. The molecule has 0 radical (unpaired) electrons. The van der Waals surface area contributed by atoms with Crippen LogP contribution in [0.1, 0.15) is 12.8 Å². The van der Waals surface area contributed by atoms with Crippen LogP contribution in [0.2, 0.25) is 0 Å². The van der Waals surface area contributed by atoms with Gasteiger partial charge in [0.15, 0.2) is 0 Å². The summed E-state index contributed by atoms with van der Waals surface area (Å²) in [5.74, 6) is 0. The molecule has 2 fully saturated rings. The topological polar surface area (TPSA) is 12.0 Å². The quantitative estimate of drug-likeness (QED) is 0.490. The minimum absolute atomic E-state index is 0.125. The summed E-state index contributed by atoms with van der Waals surface area (Å²) in [5.41, 5.74) is 0.125. The number of rotatable bonds is 0. The lowest BCUT2D eigenvalue weighted by Crippen LogP contribution is -2.12. The maximum Gasteiger partial charge on any atom is 0.119 e. The van der Waals surface area contributed by atoms with Crippen molar-refractivity contribution in [1.82, 2.24) is 5.32 Å². The van der Waals surface area contributed by atoms with E-state index in [2.05, 4.69) is 5.32 Å². The van der Waals surface area contributed by atoms with E-state index in [1.54, 1.807) is 0 Å². The summed E-state index contributed by atoms with van der Waals surface area (Å²) in [4.78, 5) is 0. The van der Waals surface area contributed by atoms with E-state index in [0.717, 1.165) is 19.4 Å². The van der Waals surface area contributed by atoms with Crippen LogP contribution in [-0.2, 0) is 0 Å². The number of hydrogen-bond acceptors (Lipinski definition) is 1. The van der Waals surface area contributed by atoms with Crippen molar-refractivity contribution in [3.05, 3.63) is 0 Å². The second-order valence-corrected chi connectivity index (χ2v) is 2.96. The Hall–Kier alpha value is -0.110. The molecule has 1 saturated heterocycles. The fourth-order valence-corrected chi connectivity index (χ4v) is 1.43. The minimum atomic E-state index is -0.539. The molecule has 0 aromatic rings. The Morgan fingerprint density at radius 3 is 2.50 bits per heavy atom. The van der Waals surface area contributed by atoms with Gasteiger partial charge in [0.05, 0.1) is 0 Å². The van der Waals surface area contributed by atoms with Crippen LogP contribution in [0.3, 0.4) is 0 Å². The molecule has 1 heterocycles. The van der Waals surface area contributed by atoms with Crippen molar-refractivity contribution in [3.63, 3.8) is 0 Å². The third kappa shape index (κ3) is 0.440. The van der Waals surface area contributed by atoms with Gasteiger partial charge in [-0.15, -0.1) is 0 Å². The van der Waals surface area contributed by atoms with Gasteiger partial charge in [0.1, 0.15) is 6.17 Å². The highest BCUT2D eigenvalue weighted by Gasteiger charge is 2.52. The lowest BCUT2D eigenvalue weighted by molar-refractivity contribution is 0.267. The van der Waals surface area contributed by atoms with Crippen molar-refractivity contribution in [3.8, 4) is 0 Å². The van der Waals surface area contributed by atoms with Gasteiger partial charge >= 0.3 is 0 Å². The van der Waals surface area contributed by atoms with Gasteiger partial charge in [0.2, 0.25) is 0 Å². The lowest BCUT2D eigenvalue weighted by atomic mass is 10.1. The van der Waals surface area contributed by atoms with Crippen LogP contribution < -0.4 is 5.32 Å². The van der Waals surface area contributed by atoms with E-state index in [1.165, 1.54) is 0 Å². The standard InChI is InChI=1S/C6H10FN/c7-5-3-8-4-6(5)1-2-6/h5,8H,1-4H2. The highest BCUT2D eigenvalue weighted by atomic mass is 19.1. The van der Waals surface area contributed by atoms with Gasteiger partial charge in [0, 0.05) is 18.5 Å². The SMILES string of the molecule is FC1CNCC12CC2. The third-order valence-electron chi connectivity index (χ3n) is 2.36. The molecule has 1 spiro atoms. The summed E-state index contributed by atoms with van der Waals surface area (Å²) in [6, 6.07) is 0. The average molecular weight is 115 g/mol. The van der Waals surface area contributed by atoms with E-state index in [9.17, 15) is 4.39 Å². The van der Waals surface area contributed by atoms with E-state index in [0.29, 0.717) is 6.54 Å². The molecule has 46 valence electrons. The van der Waals surface area contributed by atoms with Crippen LogP contribution in [0.25, 0.3) is 0 Å². The van der Waals surface area contributed by atoms with Crippen LogP contribution in [0.5, 0.6) is 0 Å². The van der Waals surface area contributed by atoms with E-state index in [1.807, 2.05) is 0 Å². The van der Waals surface area contributed by atoms with Gasteiger partial charge in [-0.2, -0.15) is 0 Å². The van der Waals surface area contributed by atoms with Crippen LogP contribution >= 0.6 is 0 Å². The fourth-order valence-electron chi connectivity index (χ4n) is 1.43. The molecule has 1 aliphatic carbocycles. The zero-order chi connectivity index (χ0) is 5.61. The van der Waals surface area contributed by atoms with Crippen LogP contribution in [-0.4, -0.2) is 19.3 Å². The summed E-state index contributed by atoms with van der Waals surface area (Å²) < 4.78 is 12.7. The largest absolute Gasteiger partial charge is 0.313 e. The van der Waals surface area contributed by atoms with E-state index >= 15 is 0 Å². The van der Waals surface area contributed by atoms with Crippen LogP contribution in [0.4, 0.5) is 4.39 Å². The van der Waals surface area contributed by atoms with Gasteiger partial charge in [-0.05, 0) is 12.8 Å². The third-order valence-corrected chi connectivity index (χ3v) is 2.36. The Kier molecular flexibility index (Phi) is 0.734. The Morgan fingerprint density at radius 1 is 1.50 bits per heavy atom. The predicted molar refractivity (Wildman–Crippen MR) is 29.4 cm³/mol. The van der Waals surface area contributed by atoms with Gasteiger partial charge in [-0.25, -0.2) is 4.39 Å². The summed E-state index contributed by atoms with van der Waals surface area (Å²) >= 11 is 0. The highest BCUT2D eigenvalue weighted by Crippen LogP contribution is 2.51. The molecule has 8 heavy (non-hydrogen) atoms. The molecule has 2 heteroatoms. The van der Waals surface area contributed by atoms with Crippen molar-refractivity contribution in [2.45, 2.75) is 19.0 Å². The summed E-state index contributed by atoms with van der Waals surface area (Å²) in [6.45, 7) is 1.52. The van der Waals surface area contributed by atoms with Gasteiger partial charge in [0.25, 0.3) is 0 Å². The van der Waals surface area contributed by atoms with Crippen molar-refractivity contribution in [2.75, 3.05) is 13.1 Å². The van der Waals surface area contributed by atoms with Crippen LogP contribution in [0, 0.1) is 5.41 Å². The molecule has 0 aromatic carbocycles. The predicted octanol–water partition coefficient (Wildman–Crippen LogP) is 0.708. The first-order chi connectivity index (χ1) is 3.83. The second-order valence-electron chi connectivity index (χ2n) is 2.96. The van der Waals surface area contributed by atoms with E-state index in [4.69, 9.17) is 0 Å². The number of nitrogens with one attached hydrogen (secondary N) is 1. The summed E-state index contributed by atoms with van der Waals surface area (Å²) in [6.07, 6.45) is 1.69. The van der Waals surface area contributed by atoms with Gasteiger partial charge < -0.3 is 5.32 Å². The summed E-state index contributed by atoms with van der Waals surface area (Å²) in [5, 5.41) is 3.05. The lowest BCUT2D eigenvalue weighted by Gasteiger charge is -2.04. The molecule has 1 aliphatic heterocycles. The monoisotopic (exact) mass is 115 g/mol. The first-order valence-electron chi connectivity index (χ1n) is 3.18. The molecular weight excluding hydrogens is 105 g/mol. The Labute approximate surface area is 48.3 Å². The molecule has 1 atom stereocenters. The van der Waals surface area contributed by atoms with E-state index < -0.39 is 6.17 Å². The fraction of sp³-hybridized carbons (Fsp3) is 1.00. The van der Waals surface area contributed by atoms with Gasteiger partial charge in [-0.1, -0.05) is 0 Å². The Balaban J connectivity index is 2.12. The highest BCUT2D eigenvalue weighted by molar-refractivity contribution is 5.05. The number of hydrogen-bond donors (Lipinski definition) is 1. The molecule has 2 aliphatic rings. The maximum atomic E-state index is 12.7. The molecule has 1 N–H and O–H groups in total. The molecular formula is C6H10FN. The molecule has 0 aromatic heterocycles. The van der Waals surface area contributed by atoms with Crippen molar-refractivity contribution in [1.29, 1.82) is 0 Å². The van der Waals surface area contributed by atoms with Gasteiger partial charge in [-0.3, -0.25) is 0 Å². The Morgan fingerprint density at radius 2 is 2.25 bits per heavy atom. The maximum absolute atomic E-state index is 12.7. The molecule has 0 amide bonds. The molecule has 0 bridgehead atoms. The second kappa shape index (κ2) is 1.24.